The van der Waals surface area contributed by atoms with Gasteiger partial charge >= 0.3 is 0 Å². The van der Waals surface area contributed by atoms with Crippen LogP contribution in [0, 0.1) is 0 Å². The summed E-state index contributed by atoms with van der Waals surface area (Å²) < 4.78 is 15.4. The highest BCUT2D eigenvalue weighted by Crippen LogP contribution is 2.17. The standard InChI is InChI=1S/C12H27O3P/c1-15-11-9-7-5-3-2-4-6-8-10-12-16(13)14/h16H,2-12H2,1H3,(H,13,14). The van der Waals surface area contributed by atoms with Crippen LogP contribution in [0.25, 0.3) is 0 Å². The van der Waals surface area contributed by atoms with Gasteiger partial charge in [0.1, 0.15) is 0 Å². The Balaban J connectivity index is 2.90. The Bertz CT molecular complexity index is 162. The SMILES string of the molecule is COCCCCCCCCCCC[PH](=O)O. The Morgan fingerprint density at radius 3 is 1.75 bits per heavy atom. The molecule has 0 spiro atoms. The Labute approximate surface area is 100 Å². The number of hydrogen-bond acceptors (Lipinski definition) is 2. The maximum Gasteiger partial charge on any atom is 0.189 e. The van der Waals surface area contributed by atoms with Crippen molar-refractivity contribution in [3.63, 3.8) is 0 Å². The highest BCUT2D eigenvalue weighted by molar-refractivity contribution is 7.37. The van der Waals surface area contributed by atoms with Gasteiger partial charge in [-0.05, 0) is 12.8 Å². The van der Waals surface area contributed by atoms with E-state index >= 15 is 0 Å². The lowest BCUT2D eigenvalue weighted by atomic mass is 10.1. The average Bonchev–Trinajstić information content (AvgIpc) is 2.25. The van der Waals surface area contributed by atoms with Gasteiger partial charge in [0.05, 0.1) is 0 Å². The van der Waals surface area contributed by atoms with E-state index in [1.807, 2.05) is 0 Å². The van der Waals surface area contributed by atoms with Gasteiger partial charge < -0.3 is 9.63 Å². The van der Waals surface area contributed by atoms with Crippen LogP contribution in [0.4, 0.5) is 0 Å². The Kier molecular flexibility index (Phi) is 13.3. The van der Waals surface area contributed by atoms with Crippen LogP contribution in [0.15, 0.2) is 0 Å². The maximum absolute atomic E-state index is 10.4. The molecule has 4 heteroatoms. The summed E-state index contributed by atoms with van der Waals surface area (Å²) in [4.78, 5) is 8.63. The molecule has 0 fully saturated rings. The summed E-state index contributed by atoms with van der Waals surface area (Å²) in [6.07, 6.45) is 11.4. The van der Waals surface area contributed by atoms with Crippen molar-refractivity contribution < 1.29 is 14.2 Å². The Hall–Kier alpha value is 0.150. The highest BCUT2D eigenvalue weighted by atomic mass is 31.1. The summed E-state index contributed by atoms with van der Waals surface area (Å²) in [6.45, 7) is 0.889. The number of ether oxygens (including phenoxy) is 1. The topological polar surface area (TPSA) is 46.5 Å². The van der Waals surface area contributed by atoms with Crippen molar-refractivity contribution in [1.82, 2.24) is 0 Å². The quantitative estimate of drug-likeness (QED) is 0.425. The molecule has 0 aromatic carbocycles. The van der Waals surface area contributed by atoms with Crippen molar-refractivity contribution in [3.05, 3.63) is 0 Å². The minimum atomic E-state index is -2.21. The molecule has 0 aliphatic rings. The van der Waals surface area contributed by atoms with E-state index in [9.17, 15) is 4.57 Å². The van der Waals surface area contributed by atoms with Crippen molar-refractivity contribution in [1.29, 1.82) is 0 Å². The minimum absolute atomic E-state index is 0.516. The van der Waals surface area contributed by atoms with Gasteiger partial charge in [-0.3, -0.25) is 4.57 Å². The molecule has 98 valence electrons. The van der Waals surface area contributed by atoms with Crippen LogP contribution in [0.3, 0.4) is 0 Å². The second-order valence-electron chi connectivity index (χ2n) is 4.32. The molecule has 0 rings (SSSR count). The van der Waals surface area contributed by atoms with Gasteiger partial charge in [-0.1, -0.05) is 44.9 Å². The molecule has 16 heavy (non-hydrogen) atoms. The van der Waals surface area contributed by atoms with Crippen molar-refractivity contribution in [2.75, 3.05) is 19.9 Å². The van der Waals surface area contributed by atoms with Gasteiger partial charge in [-0.25, -0.2) is 0 Å². The fourth-order valence-electron chi connectivity index (χ4n) is 1.76. The fourth-order valence-corrected chi connectivity index (χ4v) is 2.31. The summed E-state index contributed by atoms with van der Waals surface area (Å²) in [5.74, 6) is 0. The van der Waals surface area contributed by atoms with E-state index in [-0.39, 0.29) is 0 Å². The molecule has 3 nitrogen and oxygen atoms in total. The molecular formula is C12H27O3P. The molecule has 0 radical (unpaired) electrons. The third kappa shape index (κ3) is 14.1. The maximum atomic E-state index is 10.4. The summed E-state index contributed by atoms with van der Waals surface area (Å²) >= 11 is 0. The second kappa shape index (κ2) is 13.2. The molecule has 0 heterocycles. The smallest absolute Gasteiger partial charge is 0.189 e. The Morgan fingerprint density at radius 1 is 0.875 bits per heavy atom. The monoisotopic (exact) mass is 250 g/mol. The van der Waals surface area contributed by atoms with Gasteiger partial charge in [-0.2, -0.15) is 0 Å². The van der Waals surface area contributed by atoms with E-state index in [4.69, 9.17) is 9.63 Å². The van der Waals surface area contributed by atoms with Crippen molar-refractivity contribution in [2.45, 2.75) is 57.8 Å². The first-order valence-corrected chi connectivity index (χ1v) is 8.04. The second-order valence-corrected chi connectivity index (χ2v) is 5.61. The molecule has 0 aliphatic heterocycles. The molecule has 0 saturated heterocycles. The van der Waals surface area contributed by atoms with Gasteiger partial charge in [-0.15, -0.1) is 0 Å². The zero-order chi connectivity index (χ0) is 12.1. The van der Waals surface area contributed by atoms with Gasteiger partial charge in [0, 0.05) is 19.9 Å². The van der Waals surface area contributed by atoms with Crippen LogP contribution in [0.1, 0.15) is 57.8 Å². The molecule has 1 unspecified atom stereocenters. The molecule has 0 aromatic rings. The summed E-state index contributed by atoms with van der Waals surface area (Å²) in [5, 5.41) is 0. The van der Waals surface area contributed by atoms with E-state index < -0.39 is 8.03 Å². The van der Waals surface area contributed by atoms with E-state index in [1.165, 1.54) is 44.9 Å². The molecular weight excluding hydrogens is 223 g/mol. The predicted octanol–water partition coefficient (Wildman–Crippen LogP) is 3.61. The molecule has 0 amide bonds. The molecule has 0 aromatic heterocycles. The van der Waals surface area contributed by atoms with E-state index in [0.29, 0.717) is 6.16 Å². The van der Waals surface area contributed by atoms with Crippen LogP contribution in [-0.4, -0.2) is 24.8 Å². The lowest BCUT2D eigenvalue weighted by Crippen LogP contribution is -1.88. The van der Waals surface area contributed by atoms with E-state index in [2.05, 4.69) is 0 Å². The number of unbranched alkanes of at least 4 members (excludes halogenated alkanes) is 8. The zero-order valence-corrected chi connectivity index (χ0v) is 11.5. The number of hydrogen-bond donors (Lipinski definition) is 1. The summed E-state index contributed by atoms with van der Waals surface area (Å²) in [5.41, 5.74) is 0. The largest absolute Gasteiger partial charge is 0.385 e. The molecule has 1 N–H and O–H groups in total. The zero-order valence-electron chi connectivity index (χ0n) is 10.5. The molecule has 0 bridgehead atoms. The van der Waals surface area contributed by atoms with Crippen molar-refractivity contribution >= 4 is 8.03 Å². The third-order valence-corrected chi connectivity index (χ3v) is 3.52. The summed E-state index contributed by atoms with van der Waals surface area (Å²) in [7, 11) is -0.455. The van der Waals surface area contributed by atoms with Crippen molar-refractivity contribution in [2.24, 2.45) is 0 Å². The molecule has 0 aliphatic carbocycles. The lowest BCUT2D eigenvalue weighted by molar-refractivity contribution is 0.192. The lowest BCUT2D eigenvalue weighted by Gasteiger charge is -2.02. The first kappa shape index (κ1) is 16.1. The van der Waals surface area contributed by atoms with Crippen LogP contribution in [0.5, 0.6) is 0 Å². The van der Waals surface area contributed by atoms with E-state index in [1.54, 1.807) is 7.11 Å². The van der Waals surface area contributed by atoms with Gasteiger partial charge in [0.25, 0.3) is 0 Å². The van der Waals surface area contributed by atoms with Crippen LogP contribution >= 0.6 is 8.03 Å². The third-order valence-electron chi connectivity index (χ3n) is 2.74. The summed E-state index contributed by atoms with van der Waals surface area (Å²) in [6, 6.07) is 0. The normalized spacial score (nSPS) is 12.9. The van der Waals surface area contributed by atoms with Gasteiger partial charge in [0.15, 0.2) is 8.03 Å². The minimum Gasteiger partial charge on any atom is -0.385 e. The van der Waals surface area contributed by atoms with Crippen LogP contribution < -0.4 is 0 Å². The van der Waals surface area contributed by atoms with Crippen LogP contribution in [-0.2, 0) is 9.30 Å². The van der Waals surface area contributed by atoms with E-state index in [0.717, 1.165) is 19.4 Å². The van der Waals surface area contributed by atoms with Gasteiger partial charge in [0.2, 0.25) is 0 Å². The number of rotatable bonds is 12. The molecule has 0 saturated carbocycles. The predicted molar refractivity (Wildman–Crippen MR) is 69.5 cm³/mol. The highest BCUT2D eigenvalue weighted by Gasteiger charge is 1.95. The number of methoxy groups -OCH3 is 1. The Morgan fingerprint density at radius 2 is 1.31 bits per heavy atom. The van der Waals surface area contributed by atoms with Crippen molar-refractivity contribution in [3.8, 4) is 0 Å². The first-order chi connectivity index (χ1) is 7.77. The molecule has 1 atom stereocenters. The van der Waals surface area contributed by atoms with Crippen LogP contribution in [0.2, 0.25) is 0 Å². The average molecular weight is 250 g/mol. The fraction of sp³-hybridized carbons (Fsp3) is 1.00. The first-order valence-electron chi connectivity index (χ1n) is 6.48.